The van der Waals surface area contributed by atoms with E-state index in [1.54, 1.807) is 0 Å². The largest absolute Gasteiger partial charge is 0.457 e. The number of pyridine rings is 1. The molecule has 11 rings (SSSR count). The maximum atomic E-state index is 6.68. The molecule has 6 nitrogen and oxygen atoms in total. The summed E-state index contributed by atoms with van der Waals surface area (Å²) >= 11 is 0. The molecule has 54 heavy (non-hydrogen) atoms. The van der Waals surface area contributed by atoms with Crippen LogP contribution in [0.5, 0.6) is 11.5 Å². The average molecular weight is 696 g/mol. The Morgan fingerprint density at radius 1 is 0.389 bits per heavy atom. The second-order valence-electron chi connectivity index (χ2n) is 13.7. The van der Waals surface area contributed by atoms with Gasteiger partial charge in [0.2, 0.25) is 0 Å². The van der Waals surface area contributed by atoms with Gasteiger partial charge in [-0.15, -0.1) is 0 Å². The molecule has 256 valence electrons. The zero-order valence-corrected chi connectivity index (χ0v) is 29.2. The fourth-order valence-corrected chi connectivity index (χ4v) is 8.21. The van der Waals surface area contributed by atoms with E-state index in [1.165, 1.54) is 27.8 Å². The lowest BCUT2D eigenvalue weighted by Crippen LogP contribution is -2.23. The third-order valence-electron chi connectivity index (χ3n) is 10.6. The summed E-state index contributed by atoms with van der Waals surface area (Å²) in [6, 6.07) is 63.7. The van der Waals surface area contributed by atoms with Crippen LogP contribution in [0, 0.1) is 0 Å². The number of ether oxygens (including phenoxy) is 1. The van der Waals surface area contributed by atoms with Crippen molar-refractivity contribution in [1.29, 1.82) is 0 Å². The summed E-state index contributed by atoms with van der Waals surface area (Å²) < 4.78 is 11.3. The highest BCUT2D eigenvalue weighted by Crippen LogP contribution is 2.45. The van der Waals surface area contributed by atoms with Crippen molar-refractivity contribution in [1.82, 2.24) is 14.1 Å². The Morgan fingerprint density at radius 2 is 0.944 bits per heavy atom. The van der Waals surface area contributed by atoms with E-state index in [4.69, 9.17) is 9.72 Å². The summed E-state index contributed by atoms with van der Waals surface area (Å²) in [5.74, 6) is 2.39. The summed E-state index contributed by atoms with van der Waals surface area (Å²) in [5, 5.41) is 4.62. The predicted octanol–water partition coefficient (Wildman–Crippen LogP) is 12.3. The average Bonchev–Trinajstić information content (AvgIpc) is 3.89. The monoisotopic (exact) mass is 695 g/mol. The molecule has 0 N–H and O–H groups in total. The van der Waals surface area contributed by atoms with Crippen molar-refractivity contribution in [2.45, 2.75) is 0 Å². The molecule has 0 radical (unpaired) electrons. The minimum Gasteiger partial charge on any atom is -0.457 e. The molecule has 1 aliphatic rings. The molecule has 0 bridgehead atoms. The number of nitrogens with zero attached hydrogens (tertiary/aromatic N) is 5. The van der Waals surface area contributed by atoms with Crippen molar-refractivity contribution in [3.05, 3.63) is 188 Å². The number of benzene rings is 7. The van der Waals surface area contributed by atoms with Gasteiger partial charge in [0, 0.05) is 63.0 Å². The number of rotatable bonds is 6. The van der Waals surface area contributed by atoms with Gasteiger partial charge in [-0.1, -0.05) is 91.0 Å². The van der Waals surface area contributed by atoms with Crippen LogP contribution >= 0.6 is 0 Å². The number of hydrogen-bond acceptors (Lipinski definition) is 4. The topological polar surface area (TPSA) is 38.5 Å². The van der Waals surface area contributed by atoms with Crippen LogP contribution in [0.25, 0.3) is 55.1 Å². The van der Waals surface area contributed by atoms with E-state index in [0.29, 0.717) is 6.67 Å². The molecule has 1 aliphatic heterocycles. The summed E-state index contributed by atoms with van der Waals surface area (Å²) in [5.41, 5.74) is 10.1. The lowest BCUT2D eigenvalue weighted by molar-refractivity contribution is 0.483. The second kappa shape index (κ2) is 12.1. The normalized spacial score (nSPS) is 12.7. The van der Waals surface area contributed by atoms with Crippen molar-refractivity contribution in [2.24, 2.45) is 0 Å². The highest BCUT2D eigenvalue weighted by Gasteiger charge is 2.28. The molecular formula is C48H33N5O. The Bertz CT molecular complexity index is 3020. The molecule has 0 saturated carbocycles. The van der Waals surface area contributed by atoms with Crippen molar-refractivity contribution < 1.29 is 4.74 Å². The maximum Gasteiger partial charge on any atom is 0.139 e. The van der Waals surface area contributed by atoms with E-state index in [0.717, 1.165) is 61.5 Å². The number of anilines is 4. The SMILES string of the molecule is c1ccc(N2CN(c3cccc(Oc4ccc5c6ccccc6n(-c6cc7c(cn6)c6ccccc6n7-c6ccccc6)c5c4)c3)c3ccccc32)cc1. The molecule has 10 aromatic rings. The summed E-state index contributed by atoms with van der Waals surface area (Å²) in [6.45, 7) is 0.708. The van der Waals surface area contributed by atoms with Gasteiger partial charge in [-0.25, -0.2) is 4.98 Å². The number of para-hydroxylation sites is 6. The van der Waals surface area contributed by atoms with E-state index >= 15 is 0 Å². The first-order valence-electron chi connectivity index (χ1n) is 18.2. The third-order valence-corrected chi connectivity index (χ3v) is 10.6. The quantitative estimate of drug-likeness (QED) is 0.174. The fourth-order valence-electron chi connectivity index (χ4n) is 8.21. The van der Waals surface area contributed by atoms with Gasteiger partial charge in [0.15, 0.2) is 0 Å². The molecule has 0 atom stereocenters. The maximum absolute atomic E-state index is 6.68. The molecule has 0 fully saturated rings. The van der Waals surface area contributed by atoms with Crippen molar-refractivity contribution in [3.8, 4) is 23.0 Å². The minimum absolute atomic E-state index is 0.708. The highest BCUT2D eigenvalue weighted by molar-refractivity contribution is 6.11. The van der Waals surface area contributed by atoms with Crippen molar-refractivity contribution in [3.63, 3.8) is 0 Å². The third kappa shape index (κ3) is 4.77. The van der Waals surface area contributed by atoms with Crippen LogP contribution in [-0.4, -0.2) is 20.8 Å². The van der Waals surface area contributed by atoms with E-state index < -0.39 is 0 Å². The lowest BCUT2D eigenvalue weighted by Gasteiger charge is -2.22. The van der Waals surface area contributed by atoms with Gasteiger partial charge >= 0.3 is 0 Å². The van der Waals surface area contributed by atoms with Crippen LogP contribution < -0.4 is 14.5 Å². The van der Waals surface area contributed by atoms with Gasteiger partial charge in [0.25, 0.3) is 0 Å². The first kappa shape index (κ1) is 30.3. The van der Waals surface area contributed by atoms with E-state index in [1.807, 2.05) is 12.3 Å². The molecule has 3 aromatic heterocycles. The minimum atomic E-state index is 0.708. The van der Waals surface area contributed by atoms with Crippen molar-refractivity contribution in [2.75, 3.05) is 16.5 Å². The Morgan fingerprint density at radius 3 is 1.70 bits per heavy atom. The summed E-state index contributed by atoms with van der Waals surface area (Å²) in [7, 11) is 0. The van der Waals surface area contributed by atoms with E-state index in [2.05, 4.69) is 195 Å². The summed E-state index contributed by atoms with van der Waals surface area (Å²) in [4.78, 5) is 9.81. The molecule has 6 heteroatoms. The molecule has 0 unspecified atom stereocenters. The van der Waals surface area contributed by atoms with Gasteiger partial charge in [-0.2, -0.15) is 0 Å². The number of fused-ring (bicyclic) bond motifs is 7. The first-order chi connectivity index (χ1) is 26.8. The fraction of sp³-hybridized carbons (Fsp3) is 0.0208. The first-order valence-corrected chi connectivity index (χ1v) is 18.2. The molecule has 4 heterocycles. The Hall–Kier alpha value is -7.31. The van der Waals surface area contributed by atoms with Gasteiger partial charge in [0.05, 0.1) is 33.4 Å². The second-order valence-corrected chi connectivity index (χ2v) is 13.7. The van der Waals surface area contributed by atoms with Crippen LogP contribution in [-0.2, 0) is 0 Å². The van der Waals surface area contributed by atoms with Crippen LogP contribution in [0.2, 0.25) is 0 Å². The Labute approximate surface area is 311 Å². The standard InChI is InChI=1S/C48H33N5O/c1-3-14-33(15-4-1)50-32-51(45-25-12-11-24-44(45)50)35-18-13-19-36(28-35)54-37-26-27-40-38-20-7-10-23-43(38)53(46(40)29-37)48-30-47-41(31-49-48)39-21-8-9-22-42(39)52(47)34-16-5-2-6-17-34/h1-31H,32H2. The van der Waals surface area contributed by atoms with Crippen LogP contribution in [0.15, 0.2) is 188 Å². The zero-order chi connectivity index (χ0) is 35.6. The zero-order valence-electron chi connectivity index (χ0n) is 29.2. The Balaban J connectivity index is 1.01. The van der Waals surface area contributed by atoms with Crippen LogP contribution in [0.4, 0.5) is 22.7 Å². The lowest BCUT2D eigenvalue weighted by atomic mass is 10.1. The van der Waals surface area contributed by atoms with Crippen LogP contribution in [0.3, 0.4) is 0 Å². The highest BCUT2D eigenvalue weighted by atomic mass is 16.5. The summed E-state index contributed by atoms with van der Waals surface area (Å²) in [6.07, 6.45) is 2.02. The van der Waals surface area contributed by atoms with Gasteiger partial charge < -0.3 is 19.1 Å². The smallest absolute Gasteiger partial charge is 0.139 e. The molecule has 0 saturated heterocycles. The van der Waals surface area contributed by atoms with Crippen molar-refractivity contribution >= 4 is 66.4 Å². The Kier molecular flexibility index (Phi) is 6.82. The molecule has 0 amide bonds. The van der Waals surface area contributed by atoms with E-state index in [9.17, 15) is 0 Å². The van der Waals surface area contributed by atoms with E-state index in [-0.39, 0.29) is 0 Å². The predicted molar refractivity (Wildman–Crippen MR) is 221 cm³/mol. The number of hydrogen-bond donors (Lipinski definition) is 0. The molecule has 0 spiro atoms. The van der Waals surface area contributed by atoms with Crippen LogP contribution in [0.1, 0.15) is 0 Å². The molecule has 7 aromatic carbocycles. The molecular weight excluding hydrogens is 663 g/mol. The number of aromatic nitrogens is 3. The van der Waals surface area contributed by atoms with Gasteiger partial charge in [-0.05, 0) is 72.8 Å². The molecule has 0 aliphatic carbocycles. The van der Waals surface area contributed by atoms with Gasteiger partial charge in [-0.3, -0.25) is 4.57 Å². The van der Waals surface area contributed by atoms with Gasteiger partial charge in [0.1, 0.15) is 24.0 Å².